The van der Waals surface area contributed by atoms with Gasteiger partial charge in [0, 0.05) is 25.1 Å². The van der Waals surface area contributed by atoms with Crippen molar-refractivity contribution in [3.63, 3.8) is 0 Å². The van der Waals surface area contributed by atoms with Crippen molar-refractivity contribution in [3.8, 4) is 11.8 Å². The van der Waals surface area contributed by atoms with Crippen LogP contribution in [0, 0.1) is 11.8 Å². The molecule has 2 N–H and O–H groups in total. The number of hydrogen-bond donors (Lipinski definition) is 2. The summed E-state index contributed by atoms with van der Waals surface area (Å²) in [5, 5.41) is 12.0. The second kappa shape index (κ2) is 9.04. The minimum absolute atomic E-state index is 0.312. The summed E-state index contributed by atoms with van der Waals surface area (Å²) in [6.45, 7) is 3.02. The average Bonchev–Trinajstić information content (AvgIpc) is 2.42. The maximum Gasteiger partial charge on any atom is 0.335 e. The molecule has 0 saturated heterocycles. The molecule has 3 nitrogen and oxygen atoms in total. The average molecular weight is 259 g/mol. The largest absolute Gasteiger partial charge is 0.478 e. The van der Waals surface area contributed by atoms with Gasteiger partial charge in [0.2, 0.25) is 0 Å². The van der Waals surface area contributed by atoms with Gasteiger partial charge in [0.1, 0.15) is 0 Å². The van der Waals surface area contributed by atoms with Crippen molar-refractivity contribution in [1.29, 1.82) is 0 Å². The van der Waals surface area contributed by atoms with Crippen molar-refractivity contribution < 1.29 is 9.90 Å². The number of carbonyl (C=O) groups is 1. The van der Waals surface area contributed by atoms with Gasteiger partial charge >= 0.3 is 5.97 Å². The number of carboxylic acid groups (broad SMARTS) is 1. The molecule has 0 heterocycles. The molecular weight excluding hydrogens is 238 g/mol. The second-order valence-electron chi connectivity index (χ2n) is 4.37. The highest BCUT2D eigenvalue weighted by Crippen LogP contribution is 2.09. The lowest BCUT2D eigenvalue weighted by atomic mass is 10.2. The molecule has 102 valence electrons. The van der Waals surface area contributed by atoms with E-state index in [2.05, 4.69) is 24.1 Å². The number of benzene rings is 1. The summed E-state index contributed by atoms with van der Waals surface area (Å²) in [4.78, 5) is 10.7. The molecule has 0 aromatic heterocycles. The minimum Gasteiger partial charge on any atom is -0.478 e. The third-order valence-corrected chi connectivity index (χ3v) is 2.72. The zero-order valence-corrected chi connectivity index (χ0v) is 11.4. The van der Waals surface area contributed by atoms with Gasteiger partial charge in [-0.15, -0.1) is 11.8 Å². The summed E-state index contributed by atoms with van der Waals surface area (Å²) in [6.07, 6.45) is 5.29. The Morgan fingerprint density at radius 1 is 1.16 bits per heavy atom. The molecule has 1 aromatic rings. The van der Waals surface area contributed by atoms with Crippen LogP contribution in [0.4, 0.5) is 5.69 Å². The van der Waals surface area contributed by atoms with Crippen molar-refractivity contribution in [2.75, 3.05) is 11.9 Å². The summed E-state index contributed by atoms with van der Waals surface area (Å²) >= 11 is 0. The van der Waals surface area contributed by atoms with Gasteiger partial charge in [-0.1, -0.05) is 13.3 Å². The molecule has 0 saturated carbocycles. The van der Waals surface area contributed by atoms with Gasteiger partial charge in [0.15, 0.2) is 0 Å². The van der Waals surface area contributed by atoms with E-state index in [9.17, 15) is 4.79 Å². The van der Waals surface area contributed by atoms with Crippen molar-refractivity contribution in [3.05, 3.63) is 29.8 Å². The Hall–Kier alpha value is -1.95. The third kappa shape index (κ3) is 6.52. The van der Waals surface area contributed by atoms with E-state index in [1.54, 1.807) is 24.3 Å². The highest BCUT2D eigenvalue weighted by molar-refractivity contribution is 5.87. The van der Waals surface area contributed by atoms with E-state index in [4.69, 9.17) is 5.11 Å². The molecular formula is C16H21NO2. The molecule has 0 unspecified atom stereocenters. The Morgan fingerprint density at radius 2 is 1.79 bits per heavy atom. The van der Waals surface area contributed by atoms with Gasteiger partial charge in [-0.3, -0.25) is 0 Å². The lowest BCUT2D eigenvalue weighted by molar-refractivity contribution is 0.0697. The molecule has 0 fully saturated rings. The maximum absolute atomic E-state index is 10.7. The number of anilines is 1. The molecule has 1 rings (SSSR count). The molecule has 0 amide bonds. The van der Waals surface area contributed by atoms with Crippen LogP contribution in [-0.2, 0) is 0 Å². The van der Waals surface area contributed by atoms with E-state index in [1.165, 1.54) is 12.8 Å². The lowest BCUT2D eigenvalue weighted by Crippen LogP contribution is -2.02. The first-order chi connectivity index (χ1) is 9.24. The van der Waals surface area contributed by atoms with Gasteiger partial charge in [-0.05, 0) is 37.1 Å². The van der Waals surface area contributed by atoms with E-state index >= 15 is 0 Å². The smallest absolute Gasteiger partial charge is 0.335 e. The summed E-state index contributed by atoms with van der Waals surface area (Å²) in [7, 11) is 0. The number of nitrogens with one attached hydrogen (secondary N) is 1. The summed E-state index contributed by atoms with van der Waals surface area (Å²) < 4.78 is 0. The Morgan fingerprint density at radius 3 is 2.37 bits per heavy atom. The van der Waals surface area contributed by atoms with E-state index < -0.39 is 5.97 Å². The molecule has 1 aromatic carbocycles. The van der Waals surface area contributed by atoms with E-state index in [-0.39, 0.29) is 0 Å². The Balaban J connectivity index is 2.18. The topological polar surface area (TPSA) is 49.3 Å². The van der Waals surface area contributed by atoms with Gasteiger partial charge in [-0.25, -0.2) is 4.79 Å². The SMILES string of the molecule is CCCCC#CCCCNc1ccc(C(=O)O)cc1. The number of aromatic carboxylic acids is 1. The van der Waals surface area contributed by atoms with E-state index in [0.717, 1.165) is 31.5 Å². The zero-order chi connectivity index (χ0) is 13.9. The van der Waals surface area contributed by atoms with Crippen LogP contribution >= 0.6 is 0 Å². The van der Waals surface area contributed by atoms with Crippen LogP contribution < -0.4 is 5.32 Å². The maximum atomic E-state index is 10.7. The van der Waals surface area contributed by atoms with Crippen molar-refractivity contribution in [2.24, 2.45) is 0 Å². The fourth-order valence-corrected chi connectivity index (χ4v) is 1.58. The summed E-state index contributed by atoms with van der Waals surface area (Å²) in [5.74, 6) is 5.43. The molecule has 0 aliphatic rings. The standard InChI is InChI=1S/C16H21NO2/c1-2-3-4-5-6-7-8-13-17-15-11-9-14(10-12-15)16(18)19/h9-12,17H,2-4,7-8,13H2,1H3,(H,18,19). The first-order valence-corrected chi connectivity index (χ1v) is 6.77. The van der Waals surface area contributed by atoms with Gasteiger partial charge in [-0.2, -0.15) is 0 Å². The van der Waals surface area contributed by atoms with Gasteiger partial charge < -0.3 is 10.4 Å². The number of unbranched alkanes of at least 4 members (excludes halogenated alkanes) is 3. The molecule has 19 heavy (non-hydrogen) atoms. The quantitative estimate of drug-likeness (QED) is 0.579. The first kappa shape index (κ1) is 15.1. The first-order valence-electron chi connectivity index (χ1n) is 6.77. The van der Waals surface area contributed by atoms with Crippen LogP contribution in [0.25, 0.3) is 0 Å². The molecule has 3 heteroatoms. The van der Waals surface area contributed by atoms with Crippen molar-refractivity contribution in [1.82, 2.24) is 0 Å². The van der Waals surface area contributed by atoms with Crippen LogP contribution in [0.15, 0.2) is 24.3 Å². The number of rotatable bonds is 7. The van der Waals surface area contributed by atoms with Crippen LogP contribution in [0.3, 0.4) is 0 Å². The molecule has 0 spiro atoms. The highest BCUT2D eigenvalue weighted by Gasteiger charge is 2.00. The fourth-order valence-electron chi connectivity index (χ4n) is 1.58. The van der Waals surface area contributed by atoms with Crippen LogP contribution in [-0.4, -0.2) is 17.6 Å². The Labute approximate surface area is 115 Å². The number of carboxylic acids is 1. The van der Waals surface area contributed by atoms with E-state index in [1.807, 2.05) is 0 Å². The van der Waals surface area contributed by atoms with Gasteiger partial charge in [0.25, 0.3) is 0 Å². The lowest BCUT2D eigenvalue weighted by Gasteiger charge is -2.04. The molecule has 0 bridgehead atoms. The summed E-state index contributed by atoms with van der Waals surface area (Å²) in [5.41, 5.74) is 1.26. The monoisotopic (exact) mass is 259 g/mol. The molecule has 0 aliphatic carbocycles. The molecule has 0 radical (unpaired) electrons. The van der Waals surface area contributed by atoms with Crippen LogP contribution in [0.1, 0.15) is 49.4 Å². The van der Waals surface area contributed by atoms with Crippen molar-refractivity contribution >= 4 is 11.7 Å². The van der Waals surface area contributed by atoms with Crippen LogP contribution in [0.5, 0.6) is 0 Å². The Bertz CT molecular complexity index is 440. The van der Waals surface area contributed by atoms with Crippen molar-refractivity contribution in [2.45, 2.75) is 39.0 Å². The molecule has 0 aliphatic heterocycles. The molecule has 0 atom stereocenters. The van der Waals surface area contributed by atoms with Crippen LogP contribution in [0.2, 0.25) is 0 Å². The highest BCUT2D eigenvalue weighted by atomic mass is 16.4. The second-order valence-corrected chi connectivity index (χ2v) is 4.37. The normalized spacial score (nSPS) is 9.53. The predicted molar refractivity (Wildman–Crippen MR) is 78.4 cm³/mol. The fraction of sp³-hybridized carbons (Fsp3) is 0.438. The summed E-state index contributed by atoms with van der Waals surface area (Å²) in [6, 6.07) is 6.79. The predicted octanol–water partition coefficient (Wildman–Crippen LogP) is 3.77. The van der Waals surface area contributed by atoms with Gasteiger partial charge in [0.05, 0.1) is 5.56 Å². The third-order valence-electron chi connectivity index (χ3n) is 2.72. The Kier molecular flexibility index (Phi) is 7.19. The zero-order valence-electron chi connectivity index (χ0n) is 11.4. The van der Waals surface area contributed by atoms with E-state index in [0.29, 0.717) is 5.56 Å². The minimum atomic E-state index is -0.895. The number of hydrogen-bond acceptors (Lipinski definition) is 2.